The molecule has 1 aromatic carbocycles. The summed E-state index contributed by atoms with van der Waals surface area (Å²) in [5.74, 6) is -4.06. The Bertz CT molecular complexity index is 1360. The monoisotopic (exact) mass is 579 g/mol. The summed E-state index contributed by atoms with van der Waals surface area (Å²) in [5.41, 5.74) is 1.96. The number of alkyl halides is 3. The van der Waals surface area contributed by atoms with Crippen molar-refractivity contribution < 1.29 is 36.7 Å². The summed E-state index contributed by atoms with van der Waals surface area (Å²) in [6.45, 7) is 3.53. The van der Waals surface area contributed by atoms with Gasteiger partial charge in [0.25, 0.3) is 11.8 Å². The highest BCUT2D eigenvalue weighted by atomic mass is 19.4. The number of allylic oxidation sites excluding steroid dienone is 1. The number of amides is 3. The Labute approximate surface area is 234 Å². The van der Waals surface area contributed by atoms with Crippen LogP contribution in [0.3, 0.4) is 0 Å². The summed E-state index contributed by atoms with van der Waals surface area (Å²) >= 11 is 0. The molecular formula is C28H33F4N5O4. The van der Waals surface area contributed by atoms with E-state index in [9.17, 15) is 27.6 Å². The van der Waals surface area contributed by atoms with Crippen LogP contribution in [0.4, 0.5) is 23.2 Å². The minimum absolute atomic E-state index is 0.000688. The van der Waals surface area contributed by atoms with Crippen LogP contribution in [0.1, 0.15) is 74.5 Å². The number of carbonyl (C=O) groups excluding carboxylic acids is 3. The predicted octanol–water partition coefficient (Wildman–Crippen LogP) is 4.63. The lowest BCUT2D eigenvalue weighted by atomic mass is 9.97. The van der Waals surface area contributed by atoms with Crippen molar-refractivity contribution in [1.29, 1.82) is 0 Å². The van der Waals surface area contributed by atoms with Gasteiger partial charge in [-0.3, -0.25) is 19.1 Å². The lowest BCUT2D eigenvalue weighted by Crippen LogP contribution is -2.46. The second-order valence-corrected chi connectivity index (χ2v) is 10.6. The Morgan fingerprint density at radius 3 is 2.37 bits per heavy atom. The first-order chi connectivity index (χ1) is 19.3. The van der Waals surface area contributed by atoms with Gasteiger partial charge in [0.05, 0.1) is 18.7 Å². The van der Waals surface area contributed by atoms with E-state index >= 15 is 4.39 Å². The highest BCUT2D eigenvalue weighted by Crippen LogP contribution is 2.46. The van der Waals surface area contributed by atoms with Gasteiger partial charge in [-0.2, -0.15) is 18.3 Å². The largest absolute Gasteiger partial charge is 0.496 e. The molecule has 3 amide bonds. The molecule has 2 fully saturated rings. The molecule has 0 aliphatic heterocycles. The maximum absolute atomic E-state index is 15.3. The highest BCUT2D eigenvalue weighted by molar-refractivity contribution is 6.02. The fourth-order valence-corrected chi connectivity index (χ4v) is 4.74. The molecule has 0 spiro atoms. The van der Waals surface area contributed by atoms with E-state index in [1.807, 2.05) is 13.8 Å². The topological polar surface area (TPSA) is 114 Å². The molecule has 0 radical (unpaired) electrons. The molecule has 2 saturated carbocycles. The van der Waals surface area contributed by atoms with E-state index < -0.39 is 48.2 Å². The van der Waals surface area contributed by atoms with Crippen molar-refractivity contribution in [3.05, 3.63) is 52.6 Å². The molecule has 3 N–H and O–H groups in total. The molecule has 0 saturated heterocycles. The van der Waals surface area contributed by atoms with Crippen LogP contribution in [0.25, 0.3) is 0 Å². The van der Waals surface area contributed by atoms with Crippen LogP contribution < -0.4 is 20.7 Å². The Morgan fingerprint density at radius 2 is 1.80 bits per heavy atom. The first kappa shape index (κ1) is 30.1. The summed E-state index contributed by atoms with van der Waals surface area (Å²) in [7, 11) is 1.26. The quantitative estimate of drug-likeness (QED) is 0.265. The van der Waals surface area contributed by atoms with Crippen molar-refractivity contribution >= 4 is 23.4 Å². The lowest BCUT2D eigenvalue weighted by molar-refractivity contribution is -0.139. The van der Waals surface area contributed by atoms with E-state index in [2.05, 4.69) is 15.7 Å². The molecule has 1 unspecified atom stereocenters. The zero-order chi connectivity index (χ0) is 30.1. The predicted molar refractivity (Wildman–Crippen MR) is 142 cm³/mol. The minimum Gasteiger partial charge on any atom is -0.496 e. The number of hydrogen-bond acceptors (Lipinski definition) is 5. The van der Waals surface area contributed by atoms with E-state index in [0.717, 1.165) is 42.9 Å². The SMILES string of the molecule is COc1cc(NC(=O)[C@@H](NC(=O)c2ccnn2C(C)C)C(=C2CC2)C2CC2)c(F)cc1C(C)C(=O)NCC(F)(F)F. The molecule has 1 heterocycles. The Morgan fingerprint density at radius 1 is 1.12 bits per heavy atom. The standard InChI is InChI=1S/C28H33F4N5O4/c1-14(2)37-21(9-10-34-37)26(39)36-24(23(16-5-6-16)17-7-8-17)27(40)35-20-12-22(41-4)18(11-19(20)29)15(3)25(38)33-13-28(30,31)32/h9-12,14-16,24H,5-8,13H2,1-4H3,(H,33,38)(H,35,40)(H,36,39)/t15?,24-/m0/s1. The third-order valence-corrected chi connectivity index (χ3v) is 7.07. The van der Waals surface area contributed by atoms with Crippen LogP contribution in [0.5, 0.6) is 5.75 Å². The second kappa shape index (κ2) is 11.9. The smallest absolute Gasteiger partial charge is 0.405 e. The fraction of sp³-hybridized carbons (Fsp3) is 0.500. The van der Waals surface area contributed by atoms with Crippen LogP contribution >= 0.6 is 0 Å². The number of ether oxygens (including phenoxy) is 1. The van der Waals surface area contributed by atoms with Gasteiger partial charge in [0, 0.05) is 23.9 Å². The van der Waals surface area contributed by atoms with Gasteiger partial charge in [-0.1, -0.05) is 5.57 Å². The van der Waals surface area contributed by atoms with Gasteiger partial charge in [0.1, 0.15) is 29.8 Å². The van der Waals surface area contributed by atoms with Crippen molar-refractivity contribution in [1.82, 2.24) is 20.4 Å². The highest BCUT2D eigenvalue weighted by Gasteiger charge is 2.40. The molecule has 2 aliphatic carbocycles. The maximum atomic E-state index is 15.3. The maximum Gasteiger partial charge on any atom is 0.405 e. The molecule has 2 aliphatic rings. The summed E-state index contributed by atoms with van der Waals surface area (Å²) in [4.78, 5) is 39.2. The first-order valence-electron chi connectivity index (χ1n) is 13.4. The zero-order valence-corrected chi connectivity index (χ0v) is 23.2. The molecule has 13 heteroatoms. The van der Waals surface area contributed by atoms with E-state index in [4.69, 9.17) is 4.74 Å². The van der Waals surface area contributed by atoms with E-state index in [-0.39, 0.29) is 34.7 Å². The number of halogens is 4. The Balaban J connectivity index is 1.59. The van der Waals surface area contributed by atoms with E-state index in [0.29, 0.717) is 0 Å². The average molecular weight is 580 g/mol. The summed E-state index contributed by atoms with van der Waals surface area (Å²) in [5, 5.41) is 11.3. The van der Waals surface area contributed by atoms with Gasteiger partial charge in [-0.25, -0.2) is 4.39 Å². The normalized spacial score (nSPS) is 16.2. The van der Waals surface area contributed by atoms with Gasteiger partial charge in [0.2, 0.25) is 5.91 Å². The third kappa shape index (κ3) is 7.25. The van der Waals surface area contributed by atoms with Crippen molar-refractivity contribution in [2.24, 2.45) is 5.92 Å². The number of anilines is 1. The number of nitrogens with zero attached hydrogens (tertiary/aromatic N) is 2. The van der Waals surface area contributed by atoms with Gasteiger partial charge >= 0.3 is 6.18 Å². The lowest BCUT2D eigenvalue weighted by Gasteiger charge is -2.23. The number of hydrogen-bond donors (Lipinski definition) is 3. The molecular weight excluding hydrogens is 546 g/mol. The third-order valence-electron chi connectivity index (χ3n) is 7.07. The summed E-state index contributed by atoms with van der Waals surface area (Å²) in [6, 6.07) is 2.52. The number of rotatable bonds is 11. The Kier molecular flexibility index (Phi) is 8.74. The van der Waals surface area contributed by atoms with Crippen LogP contribution in [-0.4, -0.2) is 53.4 Å². The molecule has 41 heavy (non-hydrogen) atoms. The second-order valence-electron chi connectivity index (χ2n) is 10.6. The fourth-order valence-electron chi connectivity index (χ4n) is 4.74. The van der Waals surface area contributed by atoms with Crippen molar-refractivity contribution in [2.75, 3.05) is 19.0 Å². The number of nitrogens with one attached hydrogen (secondary N) is 3. The molecule has 4 rings (SSSR count). The number of aromatic nitrogens is 2. The van der Waals surface area contributed by atoms with E-state index in [1.165, 1.54) is 26.3 Å². The molecule has 2 aromatic rings. The molecule has 222 valence electrons. The summed E-state index contributed by atoms with van der Waals surface area (Å²) < 4.78 is 59.7. The van der Waals surface area contributed by atoms with Crippen molar-refractivity contribution in [2.45, 2.75) is 70.6 Å². The average Bonchev–Trinajstić information content (AvgIpc) is 3.86. The van der Waals surface area contributed by atoms with Crippen LogP contribution in [-0.2, 0) is 9.59 Å². The number of methoxy groups -OCH3 is 1. The van der Waals surface area contributed by atoms with Gasteiger partial charge < -0.3 is 20.7 Å². The summed E-state index contributed by atoms with van der Waals surface area (Å²) in [6.07, 6.45) is 0.301. The van der Waals surface area contributed by atoms with Gasteiger partial charge in [0.15, 0.2) is 0 Å². The van der Waals surface area contributed by atoms with Crippen LogP contribution in [0, 0.1) is 11.7 Å². The Hall–Kier alpha value is -3.90. The first-order valence-corrected chi connectivity index (χ1v) is 13.4. The van der Waals surface area contributed by atoms with Crippen molar-refractivity contribution in [3.8, 4) is 5.75 Å². The molecule has 0 bridgehead atoms. The van der Waals surface area contributed by atoms with Crippen molar-refractivity contribution in [3.63, 3.8) is 0 Å². The zero-order valence-electron chi connectivity index (χ0n) is 23.2. The van der Waals surface area contributed by atoms with E-state index in [1.54, 1.807) is 16.1 Å². The van der Waals surface area contributed by atoms with Gasteiger partial charge in [-0.15, -0.1) is 0 Å². The van der Waals surface area contributed by atoms with Gasteiger partial charge in [-0.05, 0) is 70.1 Å². The minimum atomic E-state index is -4.60. The number of benzene rings is 1. The number of carbonyl (C=O) groups is 3. The van der Waals surface area contributed by atoms with Crippen LogP contribution in [0.2, 0.25) is 0 Å². The van der Waals surface area contributed by atoms with Crippen LogP contribution in [0.15, 0.2) is 35.5 Å². The molecule has 1 aromatic heterocycles. The molecule has 2 atom stereocenters. The molecule has 9 nitrogen and oxygen atoms in total.